The van der Waals surface area contributed by atoms with E-state index in [0.29, 0.717) is 0 Å². The van der Waals surface area contributed by atoms with E-state index < -0.39 is 5.95 Å². The van der Waals surface area contributed by atoms with Crippen molar-refractivity contribution in [2.75, 3.05) is 0 Å². The third kappa shape index (κ3) is 0.658. The average Bonchev–Trinajstić information content (AvgIpc) is 2.14. The van der Waals surface area contributed by atoms with Crippen molar-refractivity contribution >= 4 is 0 Å². The number of aromatic amines is 1. The van der Waals surface area contributed by atoms with Crippen molar-refractivity contribution in [2.24, 2.45) is 0 Å². The Kier molecular flexibility index (Phi) is 0.968. The first-order valence-corrected chi connectivity index (χ1v) is 1.94. The Balaban J connectivity index is 3.05. The highest BCUT2D eigenvalue weighted by Crippen LogP contribution is 1.92. The van der Waals surface area contributed by atoms with Gasteiger partial charge >= 0.3 is 0 Å². The van der Waals surface area contributed by atoms with Gasteiger partial charge < -0.3 is 0 Å². The van der Waals surface area contributed by atoms with E-state index in [1.165, 1.54) is 0 Å². The average molecular weight is 111 g/mol. The van der Waals surface area contributed by atoms with Crippen LogP contribution in [-0.4, -0.2) is 10.2 Å². The van der Waals surface area contributed by atoms with Crippen molar-refractivity contribution in [1.82, 2.24) is 10.2 Å². The van der Waals surface area contributed by atoms with Gasteiger partial charge in [0.15, 0.2) is 5.69 Å². The molecule has 0 aliphatic rings. The molecule has 0 aliphatic heterocycles. The maximum atomic E-state index is 11.8. The van der Waals surface area contributed by atoms with Crippen molar-refractivity contribution in [1.29, 1.82) is 5.26 Å². The number of nitrogens with one attached hydrogen (secondary N) is 1. The summed E-state index contributed by atoms with van der Waals surface area (Å²) in [5, 5.41) is 13.3. The third-order valence-electron chi connectivity index (χ3n) is 0.661. The molecule has 0 bridgehead atoms. The van der Waals surface area contributed by atoms with Gasteiger partial charge in [0.2, 0.25) is 5.95 Å². The molecule has 1 rings (SSSR count). The lowest BCUT2D eigenvalue weighted by Gasteiger charge is -1.62. The zero-order valence-electron chi connectivity index (χ0n) is 3.85. The van der Waals surface area contributed by atoms with E-state index in [1.54, 1.807) is 6.07 Å². The van der Waals surface area contributed by atoms with Crippen molar-refractivity contribution < 1.29 is 4.39 Å². The molecule has 1 heterocycles. The van der Waals surface area contributed by atoms with Gasteiger partial charge in [-0.05, 0) is 0 Å². The quantitative estimate of drug-likeness (QED) is 0.527. The van der Waals surface area contributed by atoms with E-state index in [2.05, 4.69) is 5.10 Å². The molecule has 0 saturated heterocycles. The number of nitriles is 1. The van der Waals surface area contributed by atoms with Gasteiger partial charge in [-0.1, -0.05) is 0 Å². The summed E-state index contributed by atoms with van der Waals surface area (Å²) in [5.41, 5.74) is 0.0718. The smallest absolute Gasteiger partial charge is 0.210 e. The van der Waals surface area contributed by atoms with Gasteiger partial charge in [0.05, 0.1) is 0 Å². The topological polar surface area (TPSA) is 52.5 Å². The molecule has 3 nitrogen and oxygen atoms in total. The molecular formula is C4H2FN3. The predicted molar refractivity (Wildman–Crippen MR) is 23.3 cm³/mol. The molecule has 1 aromatic rings. The zero-order valence-corrected chi connectivity index (χ0v) is 3.85. The van der Waals surface area contributed by atoms with Gasteiger partial charge in [-0.25, -0.2) is 0 Å². The molecule has 0 saturated carbocycles. The van der Waals surface area contributed by atoms with Gasteiger partial charge in [0, 0.05) is 6.07 Å². The summed E-state index contributed by atoms with van der Waals surface area (Å²) in [5.74, 6) is -0.582. The van der Waals surface area contributed by atoms with Gasteiger partial charge in [-0.2, -0.15) is 14.8 Å². The van der Waals surface area contributed by atoms with Crippen molar-refractivity contribution in [2.45, 2.75) is 0 Å². The molecule has 1 N–H and O–H groups in total. The summed E-state index contributed by atoms with van der Waals surface area (Å²) < 4.78 is 11.8. The summed E-state index contributed by atoms with van der Waals surface area (Å²) in [6.07, 6.45) is 0. The molecule has 0 amide bonds. The van der Waals surface area contributed by atoms with E-state index in [0.717, 1.165) is 6.07 Å². The fraction of sp³-hybridized carbons (Fsp3) is 0. The molecule has 0 aliphatic carbocycles. The number of aromatic nitrogens is 2. The van der Waals surface area contributed by atoms with Crippen LogP contribution in [0.1, 0.15) is 5.69 Å². The van der Waals surface area contributed by atoms with E-state index >= 15 is 0 Å². The summed E-state index contributed by atoms with van der Waals surface area (Å²) in [7, 11) is 0. The highest BCUT2D eigenvalue weighted by atomic mass is 19.1. The number of halogens is 1. The van der Waals surface area contributed by atoms with Crippen LogP contribution in [-0.2, 0) is 0 Å². The Labute approximate surface area is 44.8 Å². The van der Waals surface area contributed by atoms with Gasteiger partial charge in [-0.3, -0.25) is 5.10 Å². The summed E-state index contributed by atoms with van der Waals surface area (Å²) in [4.78, 5) is 0. The maximum absolute atomic E-state index is 11.8. The van der Waals surface area contributed by atoms with Crippen LogP contribution in [0.3, 0.4) is 0 Å². The Morgan fingerprint density at radius 1 is 1.88 bits per heavy atom. The van der Waals surface area contributed by atoms with E-state index in [-0.39, 0.29) is 5.69 Å². The minimum absolute atomic E-state index is 0.0718. The van der Waals surface area contributed by atoms with Crippen molar-refractivity contribution in [3.63, 3.8) is 0 Å². The molecule has 0 unspecified atom stereocenters. The summed E-state index contributed by atoms with van der Waals surface area (Å²) in [6.45, 7) is 0. The number of nitrogens with zero attached hydrogens (tertiary/aromatic N) is 2. The van der Waals surface area contributed by atoms with Crippen LogP contribution < -0.4 is 0 Å². The second-order valence-corrected chi connectivity index (χ2v) is 1.21. The molecule has 0 fully saturated rings. The number of hydrogen-bond donors (Lipinski definition) is 1. The fourth-order valence-electron chi connectivity index (χ4n) is 0.355. The second-order valence-electron chi connectivity index (χ2n) is 1.21. The van der Waals surface area contributed by atoms with Crippen molar-refractivity contribution in [3.8, 4) is 6.07 Å². The standard InChI is InChI=1S/C4H2FN3/c5-4-1-3(2-6)7-8-4/h1H,(H,7,8). The summed E-state index contributed by atoms with van der Waals surface area (Å²) in [6, 6.07) is 2.69. The molecule has 0 atom stereocenters. The Bertz CT molecular complexity index is 221. The Morgan fingerprint density at radius 3 is 2.88 bits per heavy atom. The lowest BCUT2D eigenvalue weighted by atomic mass is 10.5. The highest BCUT2D eigenvalue weighted by Gasteiger charge is 1.94. The first kappa shape index (κ1) is 4.78. The van der Waals surface area contributed by atoms with Crippen LogP contribution in [0.25, 0.3) is 0 Å². The molecule has 4 heteroatoms. The number of H-pyrrole nitrogens is 1. The van der Waals surface area contributed by atoms with Crippen LogP contribution in [0.5, 0.6) is 0 Å². The largest absolute Gasteiger partial charge is 0.252 e. The van der Waals surface area contributed by atoms with E-state index in [1.807, 2.05) is 5.10 Å². The first-order valence-electron chi connectivity index (χ1n) is 1.94. The Morgan fingerprint density at radius 2 is 2.62 bits per heavy atom. The SMILES string of the molecule is N#Cc1cc(F)[nH]n1. The first-order chi connectivity index (χ1) is 3.83. The van der Waals surface area contributed by atoms with Crippen LogP contribution in [0, 0.1) is 17.3 Å². The van der Waals surface area contributed by atoms with Crippen LogP contribution in [0.15, 0.2) is 6.07 Å². The van der Waals surface area contributed by atoms with Crippen LogP contribution >= 0.6 is 0 Å². The Hall–Kier alpha value is -1.37. The minimum atomic E-state index is -0.582. The molecule has 8 heavy (non-hydrogen) atoms. The maximum Gasteiger partial charge on any atom is 0.210 e. The lowest BCUT2D eigenvalue weighted by Crippen LogP contribution is -1.70. The van der Waals surface area contributed by atoms with E-state index in [9.17, 15) is 4.39 Å². The van der Waals surface area contributed by atoms with Crippen LogP contribution in [0.2, 0.25) is 0 Å². The second kappa shape index (κ2) is 1.62. The predicted octanol–water partition coefficient (Wildman–Crippen LogP) is 0.420. The third-order valence-corrected chi connectivity index (χ3v) is 0.661. The van der Waals surface area contributed by atoms with Gasteiger partial charge in [-0.15, -0.1) is 0 Å². The highest BCUT2D eigenvalue weighted by molar-refractivity contribution is 5.16. The fourth-order valence-corrected chi connectivity index (χ4v) is 0.355. The van der Waals surface area contributed by atoms with E-state index in [4.69, 9.17) is 5.26 Å². The lowest BCUT2D eigenvalue weighted by molar-refractivity contribution is 0.579. The van der Waals surface area contributed by atoms with Crippen molar-refractivity contribution in [3.05, 3.63) is 17.7 Å². The summed E-state index contributed by atoms with van der Waals surface area (Å²) >= 11 is 0. The molecule has 1 aromatic heterocycles. The minimum Gasteiger partial charge on any atom is -0.252 e. The molecule has 40 valence electrons. The molecule has 0 radical (unpaired) electrons. The normalized spacial score (nSPS) is 8.50. The van der Waals surface area contributed by atoms with Crippen LogP contribution in [0.4, 0.5) is 4.39 Å². The zero-order chi connectivity index (χ0) is 5.98. The molecular weight excluding hydrogens is 109 g/mol. The number of rotatable bonds is 0. The van der Waals surface area contributed by atoms with Gasteiger partial charge in [0.25, 0.3) is 0 Å². The number of hydrogen-bond acceptors (Lipinski definition) is 2. The monoisotopic (exact) mass is 111 g/mol. The molecule has 0 aromatic carbocycles. The van der Waals surface area contributed by atoms with Gasteiger partial charge in [0.1, 0.15) is 6.07 Å². The molecule has 0 spiro atoms.